The van der Waals surface area contributed by atoms with E-state index in [1.165, 1.54) is 11.6 Å². The third-order valence-electron chi connectivity index (χ3n) is 4.06. The molecule has 1 N–H and O–H groups in total. The first kappa shape index (κ1) is 24.8. The first-order valence-electron chi connectivity index (χ1n) is 9.78. The number of aromatic nitrogens is 2. The van der Waals surface area contributed by atoms with Crippen LogP contribution in [0.4, 0.5) is 4.39 Å². The largest absolute Gasteiger partial charge is 0.300 e. The van der Waals surface area contributed by atoms with E-state index in [1.807, 2.05) is 46.8 Å². The fourth-order valence-electron chi connectivity index (χ4n) is 2.64. The fraction of sp³-hybridized carbons (Fsp3) is 0.478. The van der Waals surface area contributed by atoms with Crippen molar-refractivity contribution in [3.05, 3.63) is 59.2 Å². The molecule has 1 atom stereocenters. The smallest absolute Gasteiger partial charge is 0.130 e. The Morgan fingerprint density at radius 3 is 2.33 bits per heavy atom. The zero-order valence-corrected chi connectivity index (χ0v) is 17.9. The summed E-state index contributed by atoms with van der Waals surface area (Å²) in [6.07, 6.45) is 4.32. The van der Waals surface area contributed by atoms with Gasteiger partial charge in [0.15, 0.2) is 0 Å². The van der Waals surface area contributed by atoms with Gasteiger partial charge in [-0.05, 0) is 63.3 Å². The van der Waals surface area contributed by atoms with Crippen LogP contribution in [0.15, 0.2) is 36.4 Å². The number of hydrogen-bond acceptors (Lipinski definition) is 2. The van der Waals surface area contributed by atoms with Gasteiger partial charge in [-0.1, -0.05) is 51.5 Å². The molecule has 0 amide bonds. The molecular weight excluding hydrogens is 339 g/mol. The summed E-state index contributed by atoms with van der Waals surface area (Å²) in [6, 6.07) is 8.77. The number of Topliss-reactive ketones (excluding diaryl/α,β-unsaturated/α-hetero) is 1. The Hall–Kier alpha value is -2.23. The highest BCUT2D eigenvalue weighted by Gasteiger charge is 2.16. The van der Waals surface area contributed by atoms with Crippen LogP contribution in [-0.4, -0.2) is 16.0 Å². The molecule has 1 heterocycles. The Balaban J connectivity index is 0.000000488. The molecule has 0 radical (unpaired) electrons. The summed E-state index contributed by atoms with van der Waals surface area (Å²) in [6.45, 7) is 13.7. The van der Waals surface area contributed by atoms with Crippen LogP contribution in [0, 0.1) is 12.7 Å². The molecule has 150 valence electrons. The van der Waals surface area contributed by atoms with Crippen LogP contribution < -0.4 is 0 Å². The van der Waals surface area contributed by atoms with Crippen molar-refractivity contribution < 1.29 is 9.18 Å². The summed E-state index contributed by atoms with van der Waals surface area (Å²) in [5.74, 6) is -0.0393. The number of carbonyl (C=O) groups is 1. The minimum Gasteiger partial charge on any atom is -0.300 e. The Morgan fingerprint density at radius 1 is 1.26 bits per heavy atom. The van der Waals surface area contributed by atoms with E-state index in [4.69, 9.17) is 0 Å². The molecule has 0 aliphatic carbocycles. The second kappa shape index (κ2) is 13.9. The second-order valence-electron chi connectivity index (χ2n) is 6.32. The highest BCUT2D eigenvalue weighted by Crippen LogP contribution is 2.27. The molecule has 4 heteroatoms. The number of benzene rings is 1. The summed E-state index contributed by atoms with van der Waals surface area (Å²) in [4.78, 5) is 11.1. The SMILES string of the molecule is C/C=C(\C)c1cc(C)[nH]n1.CC.CCCC(CC(C)=O)c1ccccc1F. The van der Waals surface area contributed by atoms with Gasteiger partial charge in [-0.25, -0.2) is 4.39 Å². The maximum Gasteiger partial charge on any atom is 0.130 e. The normalized spacial score (nSPS) is 11.6. The van der Waals surface area contributed by atoms with Gasteiger partial charge in [-0.2, -0.15) is 5.10 Å². The summed E-state index contributed by atoms with van der Waals surface area (Å²) in [5, 5.41) is 6.99. The molecule has 3 nitrogen and oxygen atoms in total. The Bertz CT molecular complexity index is 704. The van der Waals surface area contributed by atoms with E-state index in [2.05, 4.69) is 23.2 Å². The van der Waals surface area contributed by atoms with E-state index in [0.29, 0.717) is 12.0 Å². The van der Waals surface area contributed by atoms with Gasteiger partial charge in [0.2, 0.25) is 0 Å². The first-order valence-corrected chi connectivity index (χ1v) is 9.78. The zero-order valence-electron chi connectivity index (χ0n) is 17.9. The van der Waals surface area contributed by atoms with Crippen LogP contribution in [0.25, 0.3) is 5.57 Å². The maximum atomic E-state index is 13.5. The molecule has 0 fully saturated rings. The number of allylic oxidation sites excluding steroid dienone is 2. The average Bonchev–Trinajstić information content (AvgIpc) is 3.09. The molecule has 2 aromatic rings. The quantitative estimate of drug-likeness (QED) is 0.600. The van der Waals surface area contributed by atoms with Crippen LogP contribution >= 0.6 is 0 Å². The maximum absolute atomic E-state index is 13.5. The van der Waals surface area contributed by atoms with E-state index >= 15 is 0 Å². The van der Waals surface area contributed by atoms with Crippen LogP contribution in [0.5, 0.6) is 0 Å². The molecule has 0 aliphatic rings. The third kappa shape index (κ3) is 9.32. The number of nitrogens with zero attached hydrogens (tertiary/aromatic N) is 1. The second-order valence-corrected chi connectivity index (χ2v) is 6.32. The van der Waals surface area contributed by atoms with Gasteiger partial charge in [0.25, 0.3) is 0 Å². The van der Waals surface area contributed by atoms with Gasteiger partial charge >= 0.3 is 0 Å². The topological polar surface area (TPSA) is 45.8 Å². The summed E-state index contributed by atoms with van der Waals surface area (Å²) < 4.78 is 13.5. The van der Waals surface area contributed by atoms with Gasteiger partial charge in [0, 0.05) is 12.1 Å². The number of halogens is 1. The van der Waals surface area contributed by atoms with Crippen molar-refractivity contribution in [3.63, 3.8) is 0 Å². The average molecular weight is 375 g/mol. The molecular formula is C23H35FN2O. The van der Waals surface area contributed by atoms with Crippen molar-refractivity contribution in [1.82, 2.24) is 10.2 Å². The Kier molecular flexibility index (Phi) is 12.8. The minimum absolute atomic E-state index is 0.0358. The van der Waals surface area contributed by atoms with Crippen molar-refractivity contribution in [3.8, 4) is 0 Å². The standard InChI is InChI=1S/C13H17FO.C8H12N2.C2H6/c1-3-6-11(9-10(2)15)12-7-4-5-8-13(12)14;1-4-6(2)8-5-7(3)9-10-8;1-2/h4-5,7-8,11H,3,6,9H2,1-2H3;4-5H,1-3H3,(H,9,10);1-2H3/b;6-4+;. The van der Waals surface area contributed by atoms with Crippen molar-refractivity contribution in [1.29, 1.82) is 0 Å². The van der Waals surface area contributed by atoms with Crippen LogP contribution in [0.3, 0.4) is 0 Å². The van der Waals surface area contributed by atoms with E-state index in [1.54, 1.807) is 19.1 Å². The zero-order chi connectivity index (χ0) is 20.8. The van der Waals surface area contributed by atoms with Crippen molar-refractivity contribution in [2.75, 3.05) is 0 Å². The summed E-state index contributed by atoms with van der Waals surface area (Å²) >= 11 is 0. The predicted octanol–water partition coefficient (Wildman–Crippen LogP) is 6.86. The van der Waals surface area contributed by atoms with Crippen molar-refractivity contribution in [2.24, 2.45) is 0 Å². The molecule has 1 aromatic carbocycles. The highest BCUT2D eigenvalue weighted by atomic mass is 19.1. The van der Waals surface area contributed by atoms with Gasteiger partial charge in [0.1, 0.15) is 11.6 Å². The van der Waals surface area contributed by atoms with E-state index in [-0.39, 0.29) is 17.5 Å². The highest BCUT2D eigenvalue weighted by molar-refractivity contribution is 5.76. The molecule has 0 bridgehead atoms. The molecule has 1 aromatic heterocycles. The van der Waals surface area contributed by atoms with E-state index < -0.39 is 0 Å². The van der Waals surface area contributed by atoms with Gasteiger partial charge < -0.3 is 4.79 Å². The molecule has 0 spiro atoms. The number of aromatic amines is 1. The lowest BCUT2D eigenvalue weighted by Crippen LogP contribution is -2.06. The van der Waals surface area contributed by atoms with Gasteiger partial charge in [-0.15, -0.1) is 0 Å². The van der Waals surface area contributed by atoms with Crippen LogP contribution in [-0.2, 0) is 4.79 Å². The summed E-state index contributed by atoms with van der Waals surface area (Å²) in [7, 11) is 0. The van der Waals surface area contributed by atoms with E-state index in [9.17, 15) is 9.18 Å². The van der Waals surface area contributed by atoms with Gasteiger partial charge in [-0.3, -0.25) is 5.10 Å². The number of aryl methyl sites for hydroxylation is 1. The molecule has 0 aliphatic heterocycles. The number of nitrogens with one attached hydrogen (secondary N) is 1. The molecule has 27 heavy (non-hydrogen) atoms. The Morgan fingerprint density at radius 2 is 1.89 bits per heavy atom. The van der Waals surface area contributed by atoms with Crippen LogP contribution in [0.2, 0.25) is 0 Å². The number of rotatable bonds is 6. The monoisotopic (exact) mass is 374 g/mol. The molecule has 2 rings (SSSR count). The number of ketones is 1. The lowest BCUT2D eigenvalue weighted by Gasteiger charge is -2.15. The Labute approximate surface area is 164 Å². The predicted molar refractivity (Wildman–Crippen MR) is 113 cm³/mol. The first-order chi connectivity index (χ1) is 12.9. The fourth-order valence-corrected chi connectivity index (χ4v) is 2.64. The number of carbonyl (C=O) groups excluding carboxylic acids is 1. The number of hydrogen-bond donors (Lipinski definition) is 1. The molecule has 0 saturated carbocycles. The van der Waals surface area contributed by atoms with Crippen molar-refractivity contribution in [2.45, 2.75) is 73.6 Å². The third-order valence-corrected chi connectivity index (χ3v) is 4.06. The lowest BCUT2D eigenvalue weighted by molar-refractivity contribution is -0.117. The number of H-pyrrole nitrogens is 1. The van der Waals surface area contributed by atoms with Crippen molar-refractivity contribution >= 4 is 11.4 Å². The van der Waals surface area contributed by atoms with Crippen LogP contribution in [0.1, 0.15) is 83.7 Å². The minimum atomic E-state index is -0.197. The molecule has 1 unspecified atom stereocenters. The van der Waals surface area contributed by atoms with E-state index in [0.717, 1.165) is 24.2 Å². The summed E-state index contributed by atoms with van der Waals surface area (Å²) in [5.41, 5.74) is 4.04. The lowest BCUT2D eigenvalue weighted by atomic mass is 9.90. The van der Waals surface area contributed by atoms with Gasteiger partial charge in [0.05, 0.1) is 5.69 Å². The molecule has 0 saturated heterocycles.